The Morgan fingerprint density at radius 3 is 2.32 bits per heavy atom. The quantitative estimate of drug-likeness (QED) is 0.354. The molecule has 0 radical (unpaired) electrons. The maximum atomic E-state index is 9.89. The molecule has 6 heteroatoms. The van der Waals surface area contributed by atoms with Crippen molar-refractivity contribution < 1.29 is 0 Å². The lowest BCUT2D eigenvalue weighted by molar-refractivity contribution is 0.885. The van der Waals surface area contributed by atoms with E-state index in [0.29, 0.717) is 27.8 Å². The maximum Gasteiger partial charge on any atom is 0.149 e. The molecule has 0 atom stereocenters. The van der Waals surface area contributed by atoms with Crippen LogP contribution in [-0.4, -0.2) is 19.7 Å². The number of allylic oxidation sites excluding steroid dienone is 1. The van der Waals surface area contributed by atoms with Crippen molar-refractivity contribution in [2.24, 2.45) is 0 Å². The largest absolute Gasteiger partial charge is 0.337 e. The molecule has 0 aliphatic rings. The molecule has 3 aromatic carbocycles. The van der Waals surface area contributed by atoms with Gasteiger partial charge in [-0.2, -0.15) is 10.4 Å². The Balaban J connectivity index is 1.71. The zero-order valence-corrected chi connectivity index (χ0v) is 17.1. The number of nitriles is 1. The number of fused-ring (bicyclic) bond motifs is 1. The Hall–Kier alpha value is -4.14. The van der Waals surface area contributed by atoms with E-state index in [1.54, 1.807) is 10.8 Å². The lowest BCUT2D eigenvalue weighted by Gasteiger charge is -2.02. The molecule has 5 rings (SSSR count). The minimum Gasteiger partial charge on any atom is -0.337 e. The molecule has 0 saturated heterocycles. The molecule has 0 bridgehead atoms. The van der Waals surface area contributed by atoms with Crippen LogP contribution in [0.3, 0.4) is 0 Å². The molecule has 0 saturated carbocycles. The number of H-pyrrole nitrogens is 1. The van der Waals surface area contributed by atoms with Gasteiger partial charge in [0.1, 0.15) is 22.7 Å². The summed E-state index contributed by atoms with van der Waals surface area (Å²) < 4.78 is 1.68. The first-order chi connectivity index (χ1) is 15.2. The van der Waals surface area contributed by atoms with Gasteiger partial charge < -0.3 is 4.98 Å². The fourth-order valence-electron chi connectivity index (χ4n) is 3.47. The minimum absolute atomic E-state index is 0.378. The molecule has 0 spiro atoms. The third-order valence-electron chi connectivity index (χ3n) is 4.96. The Morgan fingerprint density at radius 2 is 1.61 bits per heavy atom. The fraction of sp³-hybridized carbons (Fsp3) is 0. The highest BCUT2D eigenvalue weighted by molar-refractivity contribution is 6.32. The predicted molar refractivity (Wildman–Crippen MR) is 124 cm³/mol. The highest BCUT2D eigenvalue weighted by atomic mass is 35.5. The third kappa shape index (κ3) is 3.50. The van der Waals surface area contributed by atoms with Crippen LogP contribution in [-0.2, 0) is 0 Å². The molecule has 0 amide bonds. The van der Waals surface area contributed by atoms with Crippen molar-refractivity contribution in [2.45, 2.75) is 0 Å². The molecule has 5 aromatic rings. The Kier molecular flexibility index (Phi) is 4.83. The maximum absolute atomic E-state index is 9.89. The molecule has 148 valence electrons. The zero-order valence-electron chi connectivity index (χ0n) is 16.3. The summed E-state index contributed by atoms with van der Waals surface area (Å²) in [4.78, 5) is 7.77. The van der Waals surface area contributed by atoms with Gasteiger partial charge in [-0.25, -0.2) is 9.67 Å². The lowest BCUT2D eigenvalue weighted by Crippen LogP contribution is -1.96. The standard InChI is InChI=1S/C25H16ClN5/c26-24-20(15-18(16-27)25-28-21-13-7-8-14-22(21)29-25)23(17-9-3-1-4-10-17)30-31(24)19-11-5-2-6-12-19/h1-15H,(H,28,29). The molecule has 0 unspecified atom stereocenters. The van der Waals surface area contributed by atoms with Gasteiger partial charge in [0.15, 0.2) is 0 Å². The van der Waals surface area contributed by atoms with E-state index in [2.05, 4.69) is 16.0 Å². The summed E-state index contributed by atoms with van der Waals surface area (Å²) in [6, 6.07) is 29.4. The fourth-order valence-corrected chi connectivity index (χ4v) is 3.74. The van der Waals surface area contributed by atoms with Gasteiger partial charge in [0.25, 0.3) is 0 Å². The second-order valence-corrected chi connectivity index (χ2v) is 7.30. The van der Waals surface area contributed by atoms with Crippen molar-refractivity contribution in [3.63, 3.8) is 0 Å². The van der Waals surface area contributed by atoms with Crippen molar-refractivity contribution in [1.29, 1.82) is 5.26 Å². The molecule has 2 heterocycles. The summed E-state index contributed by atoms with van der Waals surface area (Å²) in [6.07, 6.45) is 1.74. The van der Waals surface area contributed by atoms with E-state index in [4.69, 9.17) is 16.7 Å². The van der Waals surface area contributed by atoms with Crippen LogP contribution in [0.4, 0.5) is 0 Å². The minimum atomic E-state index is 0.378. The number of hydrogen-bond donors (Lipinski definition) is 1. The Morgan fingerprint density at radius 1 is 0.935 bits per heavy atom. The number of nitrogens with zero attached hydrogens (tertiary/aromatic N) is 4. The van der Waals surface area contributed by atoms with E-state index in [0.717, 1.165) is 22.3 Å². The number of imidazole rings is 1. The van der Waals surface area contributed by atoms with Gasteiger partial charge in [0.05, 0.1) is 22.3 Å². The van der Waals surface area contributed by atoms with Gasteiger partial charge in [0.2, 0.25) is 0 Å². The van der Waals surface area contributed by atoms with Gasteiger partial charge >= 0.3 is 0 Å². The second-order valence-electron chi connectivity index (χ2n) is 6.94. The number of hydrogen-bond acceptors (Lipinski definition) is 3. The monoisotopic (exact) mass is 421 g/mol. The first kappa shape index (κ1) is 18.9. The van der Waals surface area contributed by atoms with E-state index in [-0.39, 0.29) is 0 Å². The van der Waals surface area contributed by atoms with Crippen LogP contribution in [0.5, 0.6) is 0 Å². The highest BCUT2D eigenvalue weighted by Gasteiger charge is 2.19. The SMILES string of the molecule is N#CC(=Cc1c(-c2ccccc2)nn(-c2ccccc2)c1Cl)c1nc2ccccc2[nH]1. The molecule has 0 aliphatic carbocycles. The normalized spacial score (nSPS) is 11.5. The van der Waals surface area contributed by atoms with Crippen LogP contribution in [0.2, 0.25) is 5.15 Å². The number of aromatic amines is 1. The van der Waals surface area contributed by atoms with Crippen LogP contribution >= 0.6 is 11.6 Å². The summed E-state index contributed by atoms with van der Waals surface area (Å²) >= 11 is 6.80. The zero-order chi connectivity index (χ0) is 21.2. The van der Waals surface area contributed by atoms with Crippen LogP contribution in [0.15, 0.2) is 84.9 Å². The molecule has 5 nitrogen and oxygen atoms in total. The van der Waals surface area contributed by atoms with E-state index >= 15 is 0 Å². The molecule has 2 aromatic heterocycles. The number of aromatic nitrogens is 4. The summed E-state index contributed by atoms with van der Waals surface area (Å²) in [5.41, 5.74) is 5.15. The summed E-state index contributed by atoms with van der Waals surface area (Å²) in [5.74, 6) is 0.492. The number of nitrogens with one attached hydrogen (secondary N) is 1. The molecular formula is C25H16ClN5. The topological polar surface area (TPSA) is 70.3 Å². The summed E-state index contributed by atoms with van der Waals surface area (Å²) in [5, 5.41) is 15.1. The molecular weight excluding hydrogens is 406 g/mol. The smallest absolute Gasteiger partial charge is 0.149 e. The van der Waals surface area contributed by atoms with Crippen LogP contribution in [0, 0.1) is 11.3 Å². The molecule has 1 N–H and O–H groups in total. The van der Waals surface area contributed by atoms with Crippen LogP contribution in [0.25, 0.3) is 39.6 Å². The predicted octanol–water partition coefficient (Wildman–Crippen LogP) is 6.13. The molecule has 31 heavy (non-hydrogen) atoms. The van der Waals surface area contributed by atoms with Gasteiger partial charge in [-0.1, -0.05) is 72.3 Å². The molecule has 0 fully saturated rings. The number of rotatable bonds is 4. The lowest BCUT2D eigenvalue weighted by atomic mass is 10.1. The molecule has 0 aliphatic heterocycles. The number of para-hydroxylation sites is 3. The van der Waals surface area contributed by atoms with Gasteiger partial charge in [-0.3, -0.25) is 0 Å². The van der Waals surface area contributed by atoms with E-state index in [1.807, 2.05) is 84.9 Å². The van der Waals surface area contributed by atoms with Crippen LogP contribution in [0.1, 0.15) is 11.4 Å². The average molecular weight is 422 g/mol. The Labute approximate surface area is 183 Å². The van der Waals surface area contributed by atoms with Crippen molar-refractivity contribution in [3.05, 3.63) is 101 Å². The summed E-state index contributed by atoms with van der Waals surface area (Å²) in [6.45, 7) is 0. The Bertz CT molecular complexity index is 1410. The second kappa shape index (κ2) is 7.94. The van der Waals surface area contributed by atoms with Crippen molar-refractivity contribution in [2.75, 3.05) is 0 Å². The van der Waals surface area contributed by atoms with Gasteiger partial charge in [-0.15, -0.1) is 0 Å². The van der Waals surface area contributed by atoms with E-state index < -0.39 is 0 Å². The average Bonchev–Trinajstić information content (AvgIpc) is 3.39. The first-order valence-corrected chi connectivity index (χ1v) is 10.1. The third-order valence-corrected chi connectivity index (χ3v) is 5.33. The van der Waals surface area contributed by atoms with Crippen molar-refractivity contribution in [1.82, 2.24) is 19.7 Å². The van der Waals surface area contributed by atoms with Crippen molar-refractivity contribution >= 4 is 34.3 Å². The first-order valence-electron chi connectivity index (χ1n) is 9.71. The van der Waals surface area contributed by atoms with Gasteiger partial charge in [-0.05, 0) is 30.3 Å². The number of benzene rings is 3. The van der Waals surface area contributed by atoms with Gasteiger partial charge in [0, 0.05) is 11.1 Å². The highest BCUT2D eigenvalue weighted by Crippen LogP contribution is 2.33. The van der Waals surface area contributed by atoms with E-state index in [9.17, 15) is 5.26 Å². The van der Waals surface area contributed by atoms with Crippen LogP contribution < -0.4 is 0 Å². The summed E-state index contributed by atoms with van der Waals surface area (Å²) in [7, 11) is 0. The number of halogens is 1. The van der Waals surface area contributed by atoms with E-state index in [1.165, 1.54) is 0 Å². The van der Waals surface area contributed by atoms with Crippen molar-refractivity contribution in [3.8, 4) is 23.0 Å².